The zero-order valence-electron chi connectivity index (χ0n) is 12.2. The Kier molecular flexibility index (Phi) is 3.94. The summed E-state index contributed by atoms with van der Waals surface area (Å²) in [6, 6.07) is 0. The van der Waals surface area contributed by atoms with Crippen LogP contribution in [0.4, 0.5) is 0 Å². The van der Waals surface area contributed by atoms with Crippen molar-refractivity contribution in [2.24, 2.45) is 13.0 Å². The number of hydrogen-bond donors (Lipinski definition) is 1. The van der Waals surface area contributed by atoms with E-state index in [4.69, 9.17) is 17.0 Å². The average Bonchev–Trinajstić information content (AvgIpc) is 2.91. The Morgan fingerprint density at radius 1 is 1.40 bits per heavy atom. The summed E-state index contributed by atoms with van der Waals surface area (Å²) >= 11 is 5.51. The van der Waals surface area contributed by atoms with Crippen LogP contribution in [0.2, 0.25) is 0 Å². The molecule has 1 aliphatic heterocycles. The lowest BCUT2D eigenvalue weighted by Gasteiger charge is -2.22. The van der Waals surface area contributed by atoms with Gasteiger partial charge < -0.3 is 14.3 Å². The first-order valence-electron chi connectivity index (χ1n) is 7.42. The number of aryl methyl sites for hydroxylation is 2. The molecule has 0 unspecified atom stereocenters. The Balaban J connectivity index is 1.97. The molecule has 0 spiro atoms. The van der Waals surface area contributed by atoms with Crippen LogP contribution in [0.15, 0.2) is 0 Å². The first-order chi connectivity index (χ1) is 9.70. The van der Waals surface area contributed by atoms with Crippen LogP contribution < -0.4 is 0 Å². The van der Waals surface area contributed by atoms with Gasteiger partial charge in [0, 0.05) is 26.8 Å². The molecule has 0 atom stereocenters. The Morgan fingerprint density at radius 2 is 2.15 bits per heavy atom. The van der Waals surface area contributed by atoms with Crippen molar-refractivity contribution in [3.05, 3.63) is 10.5 Å². The van der Waals surface area contributed by atoms with E-state index < -0.39 is 0 Å². The summed E-state index contributed by atoms with van der Waals surface area (Å²) in [6.45, 7) is 4.89. The SMILES string of the molecule is CCCc1nn(C)c2c1[nH]c(=S)n2CC1CCOCC1. The molecule has 110 valence electrons. The summed E-state index contributed by atoms with van der Waals surface area (Å²) in [6.07, 6.45) is 4.32. The van der Waals surface area contributed by atoms with Gasteiger partial charge in [0.25, 0.3) is 0 Å². The Bertz CT molecular complexity index is 648. The first-order valence-corrected chi connectivity index (χ1v) is 7.83. The summed E-state index contributed by atoms with van der Waals surface area (Å²) < 4.78 is 10.4. The molecule has 0 saturated carbocycles. The zero-order chi connectivity index (χ0) is 14.1. The van der Waals surface area contributed by atoms with Gasteiger partial charge in [-0.05, 0) is 37.4 Å². The molecule has 0 aromatic carbocycles. The largest absolute Gasteiger partial charge is 0.381 e. The molecule has 1 saturated heterocycles. The summed E-state index contributed by atoms with van der Waals surface area (Å²) in [5, 5.41) is 4.63. The van der Waals surface area contributed by atoms with Crippen molar-refractivity contribution in [1.29, 1.82) is 0 Å². The van der Waals surface area contributed by atoms with Crippen molar-refractivity contribution in [1.82, 2.24) is 19.3 Å². The van der Waals surface area contributed by atoms with Crippen molar-refractivity contribution in [2.75, 3.05) is 13.2 Å². The monoisotopic (exact) mass is 294 g/mol. The quantitative estimate of drug-likeness (QED) is 0.882. The average molecular weight is 294 g/mol. The van der Waals surface area contributed by atoms with Gasteiger partial charge in [0.15, 0.2) is 10.4 Å². The van der Waals surface area contributed by atoms with Crippen LogP contribution >= 0.6 is 12.2 Å². The summed E-state index contributed by atoms with van der Waals surface area (Å²) in [7, 11) is 2.00. The number of imidazole rings is 1. The van der Waals surface area contributed by atoms with E-state index in [9.17, 15) is 0 Å². The lowest BCUT2D eigenvalue weighted by atomic mass is 10.0. The van der Waals surface area contributed by atoms with Gasteiger partial charge in [-0.3, -0.25) is 4.68 Å². The van der Waals surface area contributed by atoms with Gasteiger partial charge in [-0.1, -0.05) is 13.3 Å². The van der Waals surface area contributed by atoms with Crippen LogP contribution in [0.25, 0.3) is 11.2 Å². The third-order valence-corrected chi connectivity index (χ3v) is 4.41. The number of nitrogens with zero attached hydrogens (tertiary/aromatic N) is 3. The third-order valence-electron chi connectivity index (χ3n) is 4.09. The number of nitrogens with one attached hydrogen (secondary N) is 1. The van der Waals surface area contributed by atoms with Crippen molar-refractivity contribution < 1.29 is 4.74 Å². The minimum atomic E-state index is 0.652. The normalized spacial score (nSPS) is 17.1. The molecule has 1 fully saturated rings. The first kappa shape index (κ1) is 13.8. The fraction of sp³-hybridized carbons (Fsp3) is 0.714. The third kappa shape index (κ3) is 2.42. The van der Waals surface area contributed by atoms with Gasteiger partial charge in [-0.15, -0.1) is 0 Å². The number of hydrogen-bond acceptors (Lipinski definition) is 3. The fourth-order valence-corrected chi connectivity index (χ4v) is 3.31. The number of aromatic nitrogens is 4. The molecular formula is C14H22N4OS. The second-order valence-electron chi connectivity index (χ2n) is 5.62. The molecule has 0 bridgehead atoms. The van der Waals surface area contributed by atoms with Gasteiger partial charge in [0.1, 0.15) is 5.52 Å². The van der Waals surface area contributed by atoms with E-state index >= 15 is 0 Å². The lowest BCUT2D eigenvalue weighted by molar-refractivity contribution is 0.0614. The number of aromatic amines is 1. The van der Waals surface area contributed by atoms with Crippen LogP contribution in [-0.2, 0) is 24.8 Å². The summed E-state index contributed by atoms with van der Waals surface area (Å²) in [5.41, 5.74) is 3.37. The van der Waals surface area contributed by atoms with Gasteiger partial charge in [-0.2, -0.15) is 5.10 Å². The lowest BCUT2D eigenvalue weighted by Crippen LogP contribution is -2.21. The number of H-pyrrole nitrogens is 1. The summed E-state index contributed by atoms with van der Waals surface area (Å²) in [5.74, 6) is 0.652. The summed E-state index contributed by atoms with van der Waals surface area (Å²) in [4.78, 5) is 3.35. The standard InChI is InChI=1S/C14H22N4OS/c1-3-4-11-12-13(17(2)16-11)18(14(20)15-12)9-10-5-7-19-8-6-10/h10H,3-9H2,1-2H3,(H,15,20). The smallest absolute Gasteiger partial charge is 0.179 e. The predicted molar refractivity (Wildman–Crippen MR) is 81.4 cm³/mol. The maximum Gasteiger partial charge on any atom is 0.179 e. The van der Waals surface area contributed by atoms with Crippen molar-refractivity contribution in [3.8, 4) is 0 Å². The molecule has 0 radical (unpaired) electrons. The maximum absolute atomic E-state index is 5.51. The van der Waals surface area contributed by atoms with Gasteiger partial charge >= 0.3 is 0 Å². The topological polar surface area (TPSA) is 47.8 Å². The van der Waals surface area contributed by atoms with Crippen molar-refractivity contribution >= 4 is 23.4 Å². The minimum absolute atomic E-state index is 0.652. The van der Waals surface area contributed by atoms with E-state index in [0.29, 0.717) is 5.92 Å². The molecule has 3 heterocycles. The molecule has 2 aromatic rings. The minimum Gasteiger partial charge on any atom is -0.381 e. The molecule has 3 rings (SSSR count). The second-order valence-corrected chi connectivity index (χ2v) is 6.00. The van der Waals surface area contributed by atoms with Gasteiger partial charge in [0.2, 0.25) is 0 Å². The second kappa shape index (κ2) is 5.69. The zero-order valence-corrected chi connectivity index (χ0v) is 13.0. The van der Waals surface area contributed by atoms with E-state index in [1.807, 2.05) is 11.7 Å². The molecule has 5 nitrogen and oxygen atoms in total. The number of fused-ring (bicyclic) bond motifs is 1. The van der Waals surface area contributed by atoms with E-state index in [2.05, 4.69) is 21.6 Å². The molecule has 20 heavy (non-hydrogen) atoms. The highest BCUT2D eigenvalue weighted by Crippen LogP contribution is 2.23. The highest BCUT2D eigenvalue weighted by molar-refractivity contribution is 7.71. The molecule has 0 amide bonds. The van der Waals surface area contributed by atoms with Crippen LogP contribution in [-0.4, -0.2) is 32.5 Å². The van der Waals surface area contributed by atoms with Crippen LogP contribution in [0.3, 0.4) is 0 Å². The van der Waals surface area contributed by atoms with E-state index in [1.165, 1.54) is 0 Å². The van der Waals surface area contributed by atoms with Crippen LogP contribution in [0.5, 0.6) is 0 Å². The highest BCUT2D eigenvalue weighted by atomic mass is 32.1. The van der Waals surface area contributed by atoms with E-state index in [1.54, 1.807) is 0 Å². The molecule has 6 heteroatoms. The van der Waals surface area contributed by atoms with Crippen LogP contribution in [0.1, 0.15) is 31.9 Å². The van der Waals surface area contributed by atoms with E-state index in [-0.39, 0.29) is 0 Å². The maximum atomic E-state index is 5.51. The van der Waals surface area contributed by atoms with Crippen LogP contribution in [0, 0.1) is 10.7 Å². The Labute approximate surface area is 123 Å². The Hall–Kier alpha value is -1.14. The molecule has 1 N–H and O–H groups in total. The van der Waals surface area contributed by atoms with Gasteiger partial charge in [-0.25, -0.2) is 0 Å². The molecule has 1 aliphatic rings. The van der Waals surface area contributed by atoms with Gasteiger partial charge in [0.05, 0.1) is 5.69 Å². The molecule has 0 aliphatic carbocycles. The highest BCUT2D eigenvalue weighted by Gasteiger charge is 2.19. The van der Waals surface area contributed by atoms with Crippen molar-refractivity contribution in [3.63, 3.8) is 0 Å². The fourth-order valence-electron chi connectivity index (χ4n) is 3.05. The molecular weight excluding hydrogens is 272 g/mol. The number of ether oxygens (including phenoxy) is 1. The number of rotatable bonds is 4. The molecule has 2 aromatic heterocycles. The predicted octanol–water partition coefficient (Wildman–Crippen LogP) is 2.81. The van der Waals surface area contributed by atoms with Crippen molar-refractivity contribution in [2.45, 2.75) is 39.2 Å². The Morgan fingerprint density at radius 3 is 2.85 bits per heavy atom. The van der Waals surface area contributed by atoms with E-state index in [0.717, 1.165) is 67.1 Å².